The first-order valence-electron chi connectivity index (χ1n) is 33.8. The minimum atomic E-state index is -4.05. The summed E-state index contributed by atoms with van der Waals surface area (Å²) in [6.07, 6.45) is 1.36. The Kier molecular flexibility index (Phi) is 33.4. The van der Waals surface area contributed by atoms with Crippen LogP contribution in [0.15, 0.2) is 125 Å². The number of fused-ring (bicyclic) bond motifs is 1. The molecule has 0 saturated carbocycles. The topological polar surface area (TPSA) is 411 Å². The lowest BCUT2D eigenvalue weighted by atomic mass is 9.90. The van der Waals surface area contributed by atoms with Gasteiger partial charge in [-0.1, -0.05) is 146 Å². The molecule has 1 unspecified atom stereocenters. The number of benzene rings is 4. The highest BCUT2D eigenvalue weighted by molar-refractivity contribution is 8.77. The van der Waals surface area contributed by atoms with Crippen LogP contribution < -0.4 is 53.4 Å². The van der Waals surface area contributed by atoms with Crippen LogP contribution in [0.1, 0.15) is 122 Å². The summed E-state index contributed by atoms with van der Waals surface area (Å²) in [5, 5.41) is 34.0. The molecule has 1 saturated heterocycles. The molecule has 10 atom stereocenters. The number of nitrogens with two attached hydrogens (primary N) is 2. The molecule has 1 heterocycles. The monoisotopic (exact) mass is 1500 g/mol. The van der Waals surface area contributed by atoms with Crippen LogP contribution in [-0.2, 0) is 72.2 Å². The molecule has 6 rings (SSSR count). The van der Waals surface area contributed by atoms with E-state index in [2.05, 4.69) is 47.2 Å². The average Bonchev–Trinajstić information content (AvgIpc) is 1.35. The summed E-state index contributed by atoms with van der Waals surface area (Å²) in [5.41, 5.74) is 23.7. The van der Waals surface area contributed by atoms with E-state index in [0.29, 0.717) is 61.0 Å². The average molecular weight is 1500 g/mol. The summed E-state index contributed by atoms with van der Waals surface area (Å²) in [5.74, 6) is -8.90. The molecule has 8 amide bonds. The number of nitrogens with zero attached hydrogens (tertiary/aromatic N) is 3. The Morgan fingerprint density at radius 3 is 2.09 bits per heavy atom. The van der Waals surface area contributed by atoms with Crippen LogP contribution in [0.5, 0.6) is 5.75 Å². The van der Waals surface area contributed by atoms with E-state index in [1.807, 2.05) is 51.1 Å². The largest absolute Gasteiger partial charge is 0.488 e. The second kappa shape index (κ2) is 40.9. The number of aliphatic hydroxyl groups excluding tert-OH is 1. The molecule has 4 aromatic rings. The number of unbranched alkanes of at least 4 members (excludes halogenated alkanes) is 3. The number of rotatable bonds is 31. The van der Waals surface area contributed by atoms with E-state index in [9.17, 15) is 37.5 Å². The molecule has 0 bridgehead atoms. The predicted octanol–water partition coefficient (Wildman–Crippen LogP) is 7.15. The number of nitrogens with one attached hydrogen (secondary N) is 7. The van der Waals surface area contributed by atoms with Crippen LogP contribution in [0.3, 0.4) is 0 Å². The van der Waals surface area contributed by atoms with Gasteiger partial charge in [-0.2, -0.15) is 0 Å². The number of Topliss-reactive ketones (excluding diaryl/α,β-unsaturated/α-hetero) is 1. The molecule has 0 spiro atoms. The molecule has 0 radical (unpaired) electrons. The van der Waals surface area contributed by atoms with Crippen molar-refractivity contribution in [3.63, 3.8) is 0 Å². The number of hydrogen-bond donors (Lipinski definition) is 10. The highest BCUT2D eigenvalue weighted by Crippen LogP contribution is 2.37. The predicted molar refractivity (Wildman–Crippen MR) is 400 cm³/mol. The zero-order valence-electron chi connectivity index (χ0n) is 58.6. The number of hydrogen-bond acceptors (Lipinski definition) is 20. The lowest BCUT2D eigenvalue weighted by molar-refractivity contribution is -0.137. The highest BCUT2D eigenvalue weighted by atomic mass is 33.1. The van der Waals surface area contributed by atoms with Gasteiger partial charge in [-0.05, 0) is 163 Å². The summed E-state index contributed by atoms with van der Waals surface area (Å²) >= 11 is 0. The molecule has 1 fully saturated rings. The number of carbonyl (C=O) groups is 9. The number of allylic oxidation sites excluding steroid dienone is 1. The van der Waals surface area contributed by atoms with Crippen molar-refractivity contribution in [1.29, 1.82) is 0 Å². The number of amides is 8. The van der Waals surface area contributed by atoms with Gasteiger partial charge in [0.2, 0.25) is 41.4 Å². The Morgan fingerprint density at radius 1 is 0.775 bits per heavy atom. The maximum Gasteiger partial charge on any atom is 0.408 e. The lowest BCUT2D eigenvalue weighted by Crippen LogP contribution is -2.63. The molecule has 1 aliphatic heterocycles. The van der Waals surface area contributed by atoms with Crippen LogP contribution in [-0.4, -0.2) is 168 Å². The molecule has 4 aromatic carbocycles. The number of ether oxygens (including phenoxy) is 2. The summed E-state index contributed by atoms with van der Waals surface area (Å²) in [7, 11) is 0.452. The minimum Gasteiger partial charge on any atom is -0.488 e. The quantitative estimate of drug-likeness (QED) is 0.00785. The Labute approximate surface area is 612 Å². The summed E-state index contributed by atoms with van der Waals surface area (Å²) in [4.78, 5) is 136. The van der Waals surface area contributed by atoms with Gasteiger partial charge in [0, 0.05) is 52.9 Å². The van der Waals surface area contributed by atoms with Gasteiger partial charge in [-0.25, -0.2) is 13.2 Å². The summed E-state index contributed by atoms with van der Waals surface area (Å²) < 4.78 is 38.6. The van der Waals surface area contributed by atoms with E-state index in [1.165, 1.54) is 40.6 Å². The van der Waals surface area contributed by atoms with Crippen LogP contribution in [0.25, 0.3) is 16.0 Å². The summed E-state index contributed by atoms with van der Waals surface area (Å²) in [6, 6.07) is 20.2. The van der Waals surface area contributed by atoms with Gasteiger partial charge in [0.15, 0.2) is 15.6 Å². The van der Waals surface area contributed by atoms with Crippen molar-refractivity contribution < 1.29 is 66.1 Å². The van der Waals surface area contributed by atoms with Crippen molar-refractivity contribution in [3.05, 3.63) is 148 Å². The van der Waals surface area contributed by atoms with Crippen LogP contribution >= 0.6 is 43.2 Å². The third kappa shape index (κ3) is 27.1. The third-order valence-corrected chi connectivity index (χ3v) is 23.6. The van der Waals surface area contributed by atoms with Crippen molar-refractivity contribution in [1.82, 2.24) is 37.2 Å². The number of sulfone groups is 1. The Hall–Kier alpha value is -7.77. The SMILES string of the molecule is CSSC(C)(C)[C@H](NC(=O)[C@@H]1CSSC[C@H](NC(=O)[C@@H](Cc2ccccc2)NC(=O)OC(CCCCCN=[N+]=[N-])CS(=O)(=O)c2ccccc2)C(=O)C[C@@H](Cc2ccc(OC(C)(C)C)cc2)C(=O)N[C@H](CC2=CCc3ccccc32)C(=O)N[C@@H](CCCCN)C(=O)N[C@@H]([C@@H](C)O)C(=O)N1)C(N)=O. The Morgan fingerprint density at radius 2 is 1.43 bits per heavy atom. The zero-order valence-corrected chi connectivity index (χ0v) is 62.6. The van der Waals surface area contributed by atoms with E-state index < -0.39 is 146 Å². The number of alkyl carbamates (subject to hydrolysis) is 1. The molecule has 0 aromatic heterocycles. The molecular weight excluding hydrogens is 1410 g/mol. The summed E-state index contributed by atoms with van der Waals surface area (Å²) in [6.45, 7) is 10.7. The van der Waals surface area contributed by atoms with E-state index in [4.69, 9.17) is 26.5 Å². The van der Waals surface area contributed by atoms with Crippen molar-refractivity contribution in [3.8, 4) is 5.75 Å². The van der Waals surface area contributed by atoms with Gasteiger partial charge < -0.3 is 63.3 Å². The first-order valence-corrected chi connectivity index (χ1v) is 40.5. The maximum absolute atomic E-state index is 15.6. The molecule has 2 aliphatic rings. The van der Waals surface area contributed by atoms with Crippen LogP contribution in [0.2, 0.25) is 0 Å². The maximum atomic E-state index is 15.6. The number of ketones is 1. The Balaban J connectivity index is 1.46. The fraction of sp³-hybridized carbons (Fsp3) is 0.507. The molecule has 1 aliphatic carbocycles. The second-order valence-corrected chi connectivity index (χ2v) is 34.2. The number of aliphatic hydroxyl groups is 1. The first kappa shape index (κ1) is 83.2. The molecule has 554 valence electrons. The highest BCUT2D eigenvalue weighted by Gasteiger charge is 2.41. The zero-order chi connectivity index (χ0) is 74.6. The first-order chi connectivity index (χ1) is 48.5. The van der Waals surface area contributed by atoms with E-state index in [0.717, 1.165) is 32.7 Å². The fourth-order valence-electron chi connectivity index (χ4n) is 11.5. The smallest absolute Gasteiger partial charge is 0.408 e. The molecule has 31 heteroatoms. The lowest BCUT2D eigenvalue weighted by Gasteiger charge is -2.33. The van der Waals surface area contributed by atoms with Crippen molar-refractivity contribution in [2.24, 2.45) is 22.5 Å². The number of azide groups is 1. The van der Waals surface area contributed by atoms with Crippen LogP contribution in [0, 0.1) is 5.92 Å². The van der Waals surface area contributed by atoms with Gasteiger partial charge in [-0.15, -0.1) is 0 Å². The molecular formula is C71H96N12O14S5. The molecule has 12 N–H and O–H groups in total. The van der Waals surface area contributed by atoms with Crippen molar-refractivity contribution >= 4 is 112 Å². The van der Waals surface area contributed by atoms with Crippen LogP contribution in [0.4, 0.5) is 4.79 Å². The second-order valence-electron chi connectivity index (χ2n) is 26.6. The normalized spacial score (nSPS) is 20.2. The van der Waals surface area contributed by atoms with Gasteiger partial charge in [0.05, 0.1) is 22.8 Å². The van der Waals surface area contributed by atoms with Gasteiger partial charge in [0.1, 0.15) is 53.7 Å². The van der Waals surface area contributed by atoms with Crippen molar-refractivity contribution in [2.75, 3.05) is 36.6 Å². The van der Waals surface area contributed by atoms with E-state index >= 15 is 19.2 Å². The van der Waals surface area contributed by atoms with Gasteiger partial charge in [-0.3, -0.25) is 38.4 Å². The minimum absolute atomic E-state index is 0.00930. The Bertz CT molecular complexity index is 3690. The fourth-order valence-corrected chi connectivity index (χ4v) is 17.6. The third-order valence-electron chi connectivity index (χ3n) is 16.8. The molecule has 26 nitrogen and oxygen atoms in total. The van der Waals surface area contributed by atoms with Gasteiger partial charge >= 0.3 is 6.09 Å². The number of primary amides is 1. The van der Waals surface area contributed by atoms with Crippen molar-refractivity contribution in [2.45, 2.75) is 188 Å². The number of carbonyl (C=O) groups excluding carboxylic acids is 9. The standard InChI is InChI=1S/C71H96N12O14S5/c1-44(84)60-68(92)79-58(67(91)82-61(62(73)86)71(5,6)101-98-7)42-100-99-41-57(78-65(89)55(38-45-21-11-8-12-22-45)80-69(93)96-51(24-13-10-20-36-75-83-74)43-102(94,95)52-25-14-9-15-26-52)59(85)40-49(37-46-29-33-50(34-30-46)97-70(2,3)4)63(87)77-56(39-48-32-31-47-23-16-17-27-53(47)48)66(90)76-54(64(88)81-60)28-18-19-35-72/h8-9,11-12,14-17,21-23,25-27,29-30,32-34,44,49,51,54-58,60-61,84H,10,13,18-20,24,28,31,35-43,72H2,1-7H3,(H2,73,86)(H,76,90)(H,77,87)(H,78,89)(H,79,92)(H,80,93)(H,81,88)(H,82,91)/t44-,49-,51?,54+,55-,56-,57+,58+,60+,61-/m1/s1. The van der Waals surface area contributed by atoms with Gasteiger partial charge in [0.25, 0.3) is 0 Å². The molecule has 102 heavy (non-hydrogen) atoms. The van der Waals surface area contributed by atoms with E-state index in [1.54, 1.807) is 92.9 Å². The van der Waals surface area contributed by atoms with E-state index in [-0.39, 0.29) is 61.6 Å².